The van der Waals surface area contributed by atoms with E-state index in [9.17, 15) is 64.4 Å². The fourth-order valence-corrected chi connectivity index (χ4v) is 7.23. The lowest BCUT2D eigenvalue weighted by Crippen LogP contribution is -2.54. The summed E-state index contributed by atoms with van der Waals surface area (Å²) in [6.07, 6.45) is -16.3. The molecule has 1 amide bonds. The van der Waals surface area contributed by atoms with Crippen LogP contribution in [0.5, 0.6) is 0 Å². The Kier molecular flexibility index (Phi) is 8.80. The van der Waals surface area contributed by atoms with Crippen molar-refractivity contribution in [3.8, 4) is 0 Å². The van der Waals surface area contributed by atoms with E-state index in [1.165, 1.54) is 0 Å². The van der Waals surface area contributed by atoms with Crippen molar-refractivity contribution < 1.29 is 64.4 Å². The molecule has 0 spiro atoms. The molecule has 1 fully saturated rings. The Bertz CT molecular complexity index is 1440. The number of halogens is 7. The van der Waals surface area contributed by atoms with Gasteiger partial charge < -0.3 is 25.7 Å². The predicted molar refractivity (Wildman–Crippen MR) is 134 cm³/mol. The number of alkyl halides is 6. The van der Waals surface area contributed by atoms with Gasteiger partial charge in [-0.2, -0.15) is 26.3 Å². The third kappa shape index (κ3) is 5.92. The molecule has 0 bridgehead atoms. The van der Waals surface area contributed by atoms with Gasteiger partial charge in [0.25, 0.3) is 15.6 Å². The second kappa shape index (κ2) is 11.5. The highest BCUT2D eigenvalue weighted by molar-refractivity contribution is 7.92. The number of nitrogens with zero attached hydrogens (tertiary/aromatic N) is 1. The molecule has 0 saturated heterocycles. The summed E-state index contributed by atoms with van der Waals surface area (Å²) in [5.74, 6) is -2.34. The zero-order chi connectivity index (χ0) is 32.1. The van der Waals surface area contributed by atoms with Gasteiger partial charge in [-0.25, -0.2) is 12.8 Å². The standard InChI is InChI=1S/C26H27F7N2O7S/c27-16-3-6-18(7-4-16)43(41,42)35-17(11-21(37)34-19-10-14(12-36)22(38)23(19)39)5-1-13-9-15(2-8-20(13)35)24(40,25(28,29)30)26(31,32)33/h2-4,6-9,14,17,19,22-23,36,38-40H,1,5,10-12H2,(H,34,37)/t14-,17+,19-,22-,23+/m1/s1. The average Bonchev–Trinajstić information content (AvgIpc) is 3.18. The molecule has 1 saturated carbocycles. The summed E-state index contributed by atoms with van der Waals surface area (Å²) in [6.45, 7) is -0.479. The minimum absolute atomic E-state index is 0.000235. The first-order valence-electron chi connectivity index (χ1n) is 12.9. The van der Waals surface area contributed by atoms with Crippen LogP contribution in [-0.4, -0.2) is 78.0 Å². The number of benzene rings is 2. The van der Waals surface area contributed by atoms with E-state index in [0.29, 0.717) is 22.5 Å². The first-order chi connectivity index (χ1) is 19.8. The van der Waals surface area contributed by atoms with E-state index in [2.05, 4.69) is 5.32 Å². The monoisotopic (exact) mass is 644 g/mol. The smallest absolute Gasteiger partial charge is 0.396 e. The van der Waals surface area contributed by atoms with Crippen molar-refractivity contribution in [1.29, 1.82) is 0 Å². The fourth-order valence-electron chi connectivity index (χ4n) is 5.51. The lowest BCUT2D eigenvalue weighted by Gasteiger charge is -2.39. The van der Waals surface area contributed by atoms with E-state index < -0.39 is 93.4 Å². The third-order valence-electron chi connectivity index (χ3n) is 7.81. The van der Waals surface area contributed by atoms with Crippen molar-refractivity contribution in [3.63, 3.8) is 0 Å². The Labute approximate surface area is 240 Å². The normalized spacial score (nSPS) is 25.0. The van der Waals surface area contributed by atoms with Crippen LogP contribution in [0.15, 0.2) is 47.4 Å². The molecule has 2 aliphatic rings. The van der Waals surface area contributed by atoms with Crippen molar-refractivity contribution in [1.82, 2.24) is 5.32 Å². The highest BCUT2D eigenvalue weighted by Crippen LogP contribution is 2.51. The molecule has 238 valence electrons. The van der Waals surface area contributed by atoms with Crippen LogP contribution in [0.3, 0.4) is 0 Å². The maximum atomic E-state index is 13.7. The fraction of sp³-hybridized carbons (Fsp3) is 0.500. The number of carbonyl (C=O) groups excluding carboxylic acids is 1. The van der Waals surface area contributed by atoms with Gasteiger partial charge in [0.1, 0.15) is 11.9 Å². The van der Waals surface area contributed by atoms with Gasteiger partial charge in [0, 0.05) is 24.5 Å². The topological polar surface area (TPSA) is 147 Å². The van der Waals surface area contributed by atoms with Crippen molar-refractivity contribution in [2.75, 3.05) is 10.9 Å². The maximum absolute atomic E-state index is 13.7. The SMILES string of the molecule is O=C(C[C@@H]1CCc2cc(C(O)(C(F)(F)F)C(F)(F)F)ccc2N1S(=O)(=O)c1ccc(F)cc1)N[C@@H]1C[C@H](CO)[C@@H](O)[C@H]1O. The highest BCUT2D eigenvalue weighted by Gasteiger charge is 2.71. The molecule has 0 unspecified atom stereocenters. The minimum atomic E-state index is -6.18. The zero-order valence-electron chi connectivity index (χ0n) is 22.0. The number of rotatable bonds is 7. The molecule has 17 heteroatoms. The number of anilines is 1. The number of aliphatic hydroxyl groups excluding tert-OH is 3. The third-order valence-corrected chi connectivity index (χ3v) is 9.69. The van der Waals surface area contributed by atoms with E-state index in [-0.39, 0.29) is 30.5 Å². The average molecular weight is 645 g/mol. The van der Waals surface area contributed by atoms with Crippen LogP contribution in [-0.2, 0) is 26.8 Å². The number of aryl methyl sites for hydroxylation is 1. The summed E-state index contributed by atoms with van der Waals surface area (Å²) in [6, 6.07) is 2.55. The van der Waals surface area contributed by atoms with Crippen LogP contribution >= 0.6 is 0 Å². The summed E-state index contributed by atoms with van der Waals surface area (Å²) in [5, 5.41) is 41.9. The number of hydrogen-bond acceptors (Lipinski definition) is 7. The second-order valence-electron chi connectivity index (χ2n) is 10.5. The van der Waals surface area contributed by atoms with Crippen molar-refractivity contribution in [2.24, 2.45) is 5.92 Å². The van der Waals surface area contributed by atoms with E-state index >= 15 is 0 Å². The quantitative estimate of drug-likeness (QED) is 0.291. The van der Waals surface area contributed by atoms with Gasteiger partial charge in [0.05, 0.1) is 28.8 Å². The summed E-state index contributed by atoms with van der Waals surface area (Å²) in [5.41, 5.74) is -7.51. The first kappa shape index (κ1) is 32.9. The molecule has 0 radical (unpaired) electrons. The van der Waals surface area contributed by atoms with Crippen molar-refractivity contribution >= 4 is 21.6 Å². The van der Waals surface area contributed by atoms with Gasteiger partial charge in [-0.05, 0) is 55.2 Å². The first-order valence-corrected chi connectivity index (χ1v) is 14.3. The van der Waals surface area contributed by atoms with Crippen LogP contribution in [0.2, 0.25) is 0 Å². The number of carbonyl (C=O) groups is 1. The van der Waals surface area contributed by atoms with Crippen LogP contribution in [0.25, 0.3) is 0 Å². The summed E-state index contributed by atoms with van der Waals surface area (Å²) in [4.78, 5) is 12.5. The molecule has 5 N–H and O–H groups in total. The molecule has 1 aliphatic carbocycles. The van der Waals surface area contributed by atoms with Crippen molar-refractivity contribution in [2.45, 2.75) is 72.8 Å². The van der Waals surface area contributed by atoms with E-state index in [1.54, 1.807) is 0 Å². The molecule has 43 heavy (non-hydrogen) atoms. The Balaban J connectivity index is 1.74. The van der Waals surface area contributed by atoms with E-state index in [1.807, 2.05) is 0 Å². The molecular weight excluding hydrogens is 617 g/mol. The van der Waals surface area contributed by atoms with Gasteiger partial charge in [-0.1, -0.05) is 12.1 Å². The Morgan fingerprint density at radius 2 is 1.58 bits per heavy atom. The molecule has 2 aromatic rings. The van der Waals surface area contributed by atoms with Gasteiger partial charge >= 0.3 is 12.4 Å². The number of nitrogens with one attached hydrogen (secondary N) is 1. The minimum Gasteiger partial charge on any atom is -0.396 e. The summed E-state index contributed by atoms with van der Waals surface area (Å²) >= 11 is 0. The zero-order valence-corrected chi connectivity index (χ0v) is 22.8. The molecular formula is C26H27F7N2O7S. The molecule has 4 rings (SSSR count). The number of hydrogen-bond donors (Lipinski definition) is 5. The van der Waals surface area contributed by atoms with Gasteiger partial charge in [0.2, 0.25) is 5.91 Å². The van der Waals surface area contributed by atoms with E-state index in [4.69, 9.17) is 0 Å². The number of fused-ring (bicyclic) bond motifs is 1. The Hall–Kier alpha value is -2.99. The summed E-state index contributed by atoms with van der Waals surface area (Å²) < 4.78 is 123. The lowest BCUT2D eigenvalue weighted by molar-refractivity contribution is -0.376. The molecule has 0 aromatic heterocycles. The molecule has 1 aliphatic heterocycles. The Morgan fingerprint density at radius 1 is 0.977 bits per heavy atom. The molecule has 9 nitrogen and oxygen atoms in total. The number of amides is 1. The maximum Gasteiger partial charge on any atom is 0.430 e. The van der Waals surface area contributed by atoms with Crippen LogP contribution in [0.4, 0.5) is 36.4 Å². The molecule has 1 heterocycles. The van der Waals surface area contributed by atoms with Gasteiger partial charge in [-0.15, -0.1) is 0 Å². The largest absolute Gasteiger partial charge is 0.430 e. The summed E-state index contributed by atoms with van der Waals surface area (Å²) in [7, 11) is -4.69. The Morgan fingerprint density at radius 3 is 2.12 bits per heavy atom. The lowest BCUT2D eigenvalue weighted by atomic mass is 9.87. The molecule has 2 aromatic carbocycles. The highest BCUT2D eigenvalue weighted by atomic mass is 32.2. The predicted octanol–water partition coefficient (Wildman–Crippen LogP) is 2.26. The van der Waals surface area contributed by atoms with Crippen molar-refractivity contribution in [3.05, 3.63) is 59.4 Å². The van der Waals surface area contributed by atoms with E-state index in [0.717, 1.165) is 24.3 Å². The van der Waals surface area contributed by atoms with Crippen LogP contribution in [0, 0.1) is 11.7 Å². The van der Waals surface area contributed by atoms with Gasteiger partial charge in [0.15, 0.2) is 0 Å². The molecule has 5 atom stereocenters. The van der Waals surface area contributed by atoms with Gasteiger partial charge in [-0.3, -0.25) is 9.10 Å². The number of aliphatic hydroxyl groups is 4. The van der Waals surface area contributed by atoms with Crippen LogP contribution < -0.4 is 9.62 Å². The second-order valence-corrected chi connectivity index (χ2v) is 12.3. The number of sulfonamides is 1. The van der Waals surface area contributed by atoms with Crippen LogP contribution in [0.1, 0.15) is 30.4 Å².